The van der Waals surface area contributed by atoms with Crippen molar-refractivity contribution >= 4 is 28.8 Å². The minimum Gasteiger partial charge on any atom is -0.384 e. The van der Waals surface area contributed by atoms with Crippen molar-refractivity contribution in [3.63, 3.8) is 0 Å². The lowest BCUT2D eigenvalue weighted by Gasteiger charge is -2.30. The number of nitrogens with one attached hydrogen (secondary N) is 3. The molecule has 0 radical (unpaired) electrons. The summed E-state index contributed by atoms with van der Waals surface area (Å²) < 4.78 is 40.5. The van der Waals surface area contributed by atoms with Gasteiger partial charge in [0.15, 0.2) is 5.69 Å². The van der Waals surface area contributed by atoms with Gasteiger partial charge in [0.1, 0.15) is 17.3 Å². The van der Waals surface area contributed by atoms with Crippen LogP contribution in [0.3, 0.4) is 0 Å². The molecular formula is C21H24F3N7O. The van der Waals surface area contributed by atoms with Gasteiger partial charge in [0.05, 0.1) is 6.20 Å². The number of amides is 1. The van der Waals surface area contributed by atoms with Gasteiger partial charge in [0.2, 0.25) is 0 Å². The van der Waals surface area contributed by atoms with E-state index in [4.69, 9.17) is 5.73 Å². The van der Waals surface area contributed by atoms with Gasteiger partial charge in [0, 0.05) is 29.4 Å². The third-order valence-electron chi connectivity index (χ3n) is 5.69. The Kier molecular flexibility index (Phi) is 5.81. The van der Waals surface area contributed by atoms with Crippen LogP contribution in [0.4, 0.5) is 24.8 Å². The van der Waals surface area contributed by atoms with Crippen LogP contribution < -0.4 is 16.4 Å². The quantitative estimate of drug-likeness (QED) is 0.447. The maximum atomic E-state index is 13.0. The van der Waals surface area contributed by atoms with Crippen molar-refractivity contribution in [3.8, 4) is 0 Å². The minimum atomic E-state index is -4.49. The Morgan fingerprint density at radius 3 is 2.59 bits per heavy atom. The Bertz CT molecular complexity index is 1140. The van der Waals surface area contributed by atoms with Gasteiger partial charge in [0.25, 0.3) is 5.91 Å². The smallest absolute Gasteiger partial charge is 0.384 e. The Morgan fingerprint density at radius 2 is 1.97 bits per heavy atom. The average Bonchev–Trinajstić information content (AvgIpc) is 3.37. The maximum absolute atomic E-state index is 13.0. The Labute approximate surface area is 182 Å². The SMILES string of the molecule is C/C=C(/C(=O)NC1CCC(Nc2cccc3nc(C(F)(F)F)cn23)CC1)c1cn[nH]c1N. The van der Waals surface area contributed by atoms with Crippen LogP contribution in [-0.4, -0.2) is 37.6 Å². The summed E-state index contributed by atoms with van der Waals surface area (Å²) in [6.45, 7) is 1.77. The van der Waals surface area contributed by atoms with Crippen molar-refractivity contribution in [2.24, 2.45) is 0 Å². The lowest BCUT2D eigenvalue weighted by molar-refractivity contribution is -0.140. The largest absolute Gasteiger partial charge is 0.434 e. The summed E-state index contributed by atoms with van der Waals surface area (Å²) in [4.78, 5) is 16.4. The number of nitrogen functional groups attached to an aromatic ring is 1. The van der Waals surface area contributed by atoms with Crippen LogP contribution in [0, 0.1) is 0 Å². The number of H-pyrrole nitrogens is 1. The van der Waals surface area contributed by atoms with E-state index < -0.39 is 11.9 Å². The van der Waals surface area contributed by atoms with E-state index in [9.17, 15) is 18.0 Å². The van der Waals surface area contributed by atoms with E-state index in [0.29, 0.717) is 22.8 Å². The molecule has 4 rings (SSSR count). The molecule has 0 bridgehead atoms. The number of carbonyl (C=O) groups excluding carboxylic acids is 1. The summed E-state index contributed by atoms with van der Waals surface area (Å²) in [6.07, 6.45) is 2.75. The van der Waals surface area contributed by atoms with E-state index in [-0.39, 0.29) is 23.6 Å². The number of hydrogen-bond acceptors (Lipinski definition) is 5. The van der Waals surface area contributed by atoms with Gasteiger partial charge in [-0.3, -0.25) is 14.3 Å². The van der Waals surface area contributed by atoms with Crippen LogP contribution in [0.5, 0.6) is 0 Å². The summed E-state index contributed by atoms with van der Waals surface area (Å²) in [5.74, 6) is 0.688. The molecular weight excluding hydrogens is 423 g/mol. The lowest BCUT2D eigenvalue weighted by atomic mass is 9.90. The van der Waals surface area contributed by atoms with Crippen LogP contribution >= 0.6 is 0 Å². The molecule has 1 saturated carbocycles. The number of rotatable bonds is 5. The summed E-state index contributed by atoms with van der Waals surface area (Å²) in [5, 5.41) is 12.9. The van der Waals surface area contributed by atoms with E-state index in [0.717, 1.165) is 31.9 Å². The number of aromatic nitrogens is 4. The number of alkyl halides is 3. The van der Waals surface area contributed by atoms with Gasteiger partial charge in [-0.05, 0) is 44.7 Å². The molecule has 0 aliphatic heterocycles. The number of pyridine rings is 1. The predicted molar refractivity (Wildman–Crippen MR) is 115 cm³/mol. The Balaban J connectivity index is 1.37. The second-order valence-corrected chi connectivity index (χ2v) is 7.83. The molecule has 1 aliphatic rings. The van der Waals surface area contributed by atoms with Crippen LogP contribution in [0.2, 0.25) is 0 Å². The number of aromatic amines is 1. The first-order chi connectivity index (χ1) is 15.3. The zero-order chi connectivity index (χ0) is 22.9. The fraction of sp³-hybridized carbons (Fsp3) is 0.381. The number of allylic oxidation sites excluding steroid dienone is 1. The molecule has 5 N–H and O–H groups in total. The van der Waals surface area contributed by atoms with Crippen molar-refractivity contribution in [1.82, 2.24) is 24.9 Å². The van der Waals surface area contributed by atoms with E-state index in [1.165, 1.54) is 10.6 Å². The standard InChI is InChI=1S/C21H24F3N7O/c1-2-14(15-10-26-30-19(15)25)20(32)28-13-8-6-12(7-9-13)27-17-4-3-5-18-29-16(11-31(17)18)21(22,23)24/h2-5,10-13,27H,6-9H2,1H3,(H,28,32)(H3,25,26,30)/b14-2+. The van der Waals surface area contributed by atoms with E-state index in [1.807, 2.05) is 0 Å². The van der Waals surface area contributed by atoms with Gasteiger partial charge >= 0.3 is 6.18 Å². The number of anilines is 2. The van der Waals surface area contributed by atoms with Crippen molar-refractivity contribution < 1.29 is 18.0 Å². The fourth-order valence-electron chi connectivity index (χ4n) is 4.04. The topological polar surface area (TPSA) is 113 Å². The predicted octanol–water partition coefficient (Wildman–Crippen LogP) is 3.60. The van der Waals surface area contributed by atoms with Gasteiger partial charge < -0.3 is 16.4 Å². The van der Waals surface area contributed by atoms with Gasteiger partial charge in [-0.2, -0.15) is 18.3 Å². The average molecular weight is 447 g/mol. The van der Waals surface area contributed by atoms with Crippen molar-refractivity contribution in [3.05, 3.63) is 47.9 Å². The second-order valence-electron chi connectivity index (χ2n) is 7.83. The second kappa shape index (κ2) is 8.56. The first-order valence-electron chi connectivity index (χ1n) is 10.3. The van der Waals surface area contributed by atoms with Crippen LogP contribution in [0.15, 0.2) is 36.7 Å². The third kappa shape index (κ3) is 4.41. The molecule has 0 spiro atoms. The molecule has 0 atom stereocenters. The number of fused-ring (bicyclic) bond motifs is 1. The number of carbonyl (C=O) groups is 1. The van der Waals surface area contributed by atoms with E-state index in [2.05, 4.69) is 25.8 Å². The summed E-state index contributed by atoms with van der Waals surface area (Å²) in [6, 6.07) is 5.03. The molecule has 1 fully saturated rings. The Morgan fingerprint density at radius 1 is 1.25 bits per heavy atom. The first-order valence-corrected chi connectivity index (χ1v) is 10.3. The normalized spacial score (nSPS) is 19.8. The molecule has 3 heterocycles. The van der Waals surface area contributed by atoms with Crippen molar-refractivity contribution in [2.75, 3.05) is 11.1 Å². The highest BCUT2D eigenvalue weighted by atomic mass is 19.4. The molecule has 1 amide bonds. The van der Waals surface area contributed by atoms with Crippen LogP contribution in [0.25, 0.3) is 11.2 Å². The molecule has 1 aliphatic carbocycles. The van der Waals surface area contributed by atoms with Crippen molar-refractivity contribution in [2.45, 2.75) is 50.9 Å². The number of imidazole rings is 1. The first kappa shape index (κ1) is 21.7. The molecule has 0 saturated heterocycles. The van der Waals surface area contributed by atoms with Gasteiger partial charge in [-0.15, -0.1) is 0 Å². The van der Waals surface area contributed by atoms with E-state index >= 15 is 0 Å². The summed E-state index contributed by atoms with van der Waals surface area (Å²) in [5.41, 5.74) is 6.17. The highest BCUT2D eigenvalue weighted by molar-refractivity contribution is 6.20. The lowest BCUT2D eigenvalue weighted by Crippen LogP contribution is -2.40. The van der Waals surface area contributed by atoms with Gasteiger partial charge in [-0.1, -0.05) is 12.1 Å². The molecule has 11 heteroatoms. The summed E-state index contributed by atoms with van der Waals surface area (Å²) in [7, 11) is 0. The highest BCUT2D eigenvalue weighted by Gasteiger charge is 2.34. The van der Waals surface area contributed by atoms with Crippen LogP contribution in [-0.2, 0) is 11.0 Å². The number of nitrogens with zero attached hydrogens (tertiary/aromatic N) is 3. The highest BCUT2D eigenvalue weighted by Crippen LogP contribution is 2.30. The molecule has 170 valence electrons. The van der Waals surface area contributed by atoms with Gasteiger partial charge in [-0.25, -0.2) is 4.98 Å². The zero-order valence-electron chi connectivity index (χ0n) is 17.4. The molecule has 0 aromatic carbocycles. The zero-order valence-corrected chi connectivity index (χ0v) is 17.4. The molecule has 0 unspecified atom stereocenters. The minimum absolute atomic E-state index is 0.00416. The monoisotopic (exact) mass is 447 g/mol. The molecule has 32 heavy (non-hydrogen) atoms. The Hall–Kier alpha value is -3.50. The van der Waals surface area contributed by atoms with Crippen molar-refractivity contribution in [1.29, 1.82) is 0 Å². The van der Waals surface area contributed by atoms with Crippen LogP contribution in [0.1, 0.15) is 43.9 Å². The number of hydrogen-bond donors (Lipinski definition) is 4. The number of nitrogens with two attached hydrogens (primary N) is 1. The number of halogens is 3. The van der Waals surface area contributed by atoms with E-state index in [1.54, 1.807) is 31.2 Å². The molecule has 3 aromatic rings. The molecule has 3 aromatic heterocycles. The maximum Gasteiger partial charge on any atom is 0.434 e. The molecule has 8 nitrogen and oxygen atoms in total. The fourth-order valence-corrected chi connectivity index (χ4v) is 4.04. The third-order valence-corrected chi connectivity index (χ3v) is 5.69. The summed E-state index contributed by atoms with van der Waals surface area (Å²) >= 11 is 0.